The predicted octanol–water partition coefficient (Wildman–Crippen LogP) is 2.86. The van der Waals surface area contributed by atoms with Crippen molar-refractivity contribution in [3.8, 4) is 0 Å². The van der Waals surface area contributed by atoms with Gasteiger partial charge in [0.15, 0.2) is 0 Å². The van der Waals surface area contributed by atoms with Crippen LogP contribution < -0.4 is 5.73 Å². The van der Waals surface area contributed by atoms with Crippen LogP contribution in [0, 0.1) is 5.92 Å². The van der Waals surface area contributed by atoms with Crippen molar-refractivity contribution in [3.05, 3.63) is 35.9 Å². The Kier molecular flexibility index (Phi) is 3.80. The summed E-state index contributed by atoms with van der Waals surface area (Å²) in [7, 11) is 0. The molecule has 104 valence electrons. The molecule has 1 saturated heterocycles. The van der Waals surface area contributed by atoms with Gasteiger partial charge in [-0.1, -0.05) is 30.3 Å². The van der Waals surface area contributed by atoms with E-state index < -0.39 is 6.09 Å². The van der Waals surface area contributed by atoms with Crippen molar-refractivity contribution in [2.75, 3.05) is 6.54 Å². The molecule has 1 amide bonds. The highest BCUT2D eigenvalue weighted by Gasteiger charge is 2.41. The lowest BCUT2D eigenvalue weighted by molar-refractivity contribution is 0.117. The molecule has 4 heteroatoms. The van der Waals surface area contributed by atoms with Gasteiger partial charge in [0.1, 0.15) is 0 Å². The molecule has 1 aliphatic rings. The van der Waals surface area contributed by atoms with Gasteiger partial charge in [0.05, 0.1) is 0 Å². The minimum Gasteiger partial charge on any atom is -0.465 e. The van der Waals surface area contributed by atoms with Crippen LogP contribution >= 0.6 is 0 Å². The van der Waals surface area contributed by atoms with Crippen LogP contribution in [0.25, 0.3) is 0 Å². The van der Waals surface area contributed by atoms with Crippen LogP contribution in [-0.4, -0.2) is 28.2 Å². The van der Waals surface area contributed by atoms with Crippen molar-refractivity contribution in [2.24, 2.45) is 11.7 Å². The minimum atomic E-state index is -0.833. The van der Waals surface area contributed by atoms with Crippen molar-refractivity contribution >= 4 is 6.09 Å². The summed E-state index contributed by atoms with van der Waals surface area (Å²) in [6, 6.07) is 9.98. The molecule has 0 saturated carbocycles. The van der Waals surface area contributed by atoms with E-state index in [0.29, 0.717) is 12.5 Å². The van der Waals surface area contributed by atoms with Crippen molar-refractivity contribution in [3.63, 3.8) is 0 Å². The Hall–Kier alpha value is -1.55. The van der Waals surface area contributed by atoms with Crippen molar-refractivity contribution in [2.45, 2.75) is 38.3 Å². The minimum absolute atomic E-state index is 0.0178. The number of rotatable bonds is 3. The van der Waals surface area contributed by atoms with Gasteiger partial charge in [-0.05, 0) is 38.2 Å². The molecule has 1 fully saturated rings. The van der Waals surface area contributed by atoms with E-state index in [1.165, 1.54) is 4.90 Å². The SMILES string of the molecule is CC1(C)C[C@H](CC(N)c2ccccc2)CN1C(=O)O. The second-order valence-corrected chi connectivity index (χ2v) is 6.03. The van der Waals surface area contributed by atoms with E-state index in [0.717, 1.165) is 18.4 Å². The van der Waals surface area contributed by atoms with E-state index >= 15 is 0 Å². The molecule has 2 atom stereocenters. The van der Waals surface area contributed by atoms with Gasteiger partial charge in [-0.2, -0.15) is 0 Å². The van der Waals surface area contributed by atoms with Crippen LogP contribution in [0.1, 0.15) is 38.3 Å². The van der Waals surface area contributed by atoms with E-state index in [4.69, 9.17) is 5.73 Å². The first-order chi connectivity index (χ1) is 8.90. The Morgan fingerprint density at radius 2 is 2.11 bits per heavy atom. The third-order valence-electron chi connectivity index (χ3n) is 4.01. The molecular formula is C15H22N2O2. The van der Waals surface area contributed by atoms with Crippen LogP contribution in [0.3, 0.4) is 0 Å². The van der Waals surface area contributed by atoms with Crippen LogP contribution in [0.2, 0.25) is 0 Å². The van der Waals surface area contributed by atoms with Crippen LogP contribution in [-0.2, 0) is 0 Å². The molecule has 1 aliphatic heterocycles. The van der Waals surface area contributed by atoms with E-state index in [1.54, 1.807) is 0 Å². The highest BCUT2D eigenvalue weighted by molar-refractivity contribution is 5.66. The number of carboxylic acid groups (broad SMARTS) is 1. The fraction of sp³-hybridized carbons (Fsp3) is 0.533. The number of benzene rings is 1. The molecular weight excluding hydrogens is 240 g/mol. The zero-order chi connectivity index (χ0) is 14.0. The molecule has 3 N–H and O–H groups in total. The van der Waals surface area contributed by atoms with E-state index in [9.17, 15) is 9.90 Å². The zero-order valence-corrected chi connectivity index (χ0v) is 11.5. The number of hydrogen-bond acceptors (Lipinski definition) is 2. The van der Waals surface area contributed by atoms with Gasteiger partial charge in [-0.3, -0.25) is 0 Å². The topological polar surface area (TPSA) is 66.6 Å². The fourth-order valence-electron chi connectivity index (χ4n) is 3.08. The summed E-state index contributed by atoms with van der Waals surface area (Å²) in [5, 5.41) is 9.21. The largest absolute Gasteiger partial charge is 0.465 e. The Morgan fingerprint density at radius 3 is 2.63 bits per heavy atom. The van der Waals surface area contributed by atoms with Crippen molar-refractivity contribution < 1.29 is 9.90 Å². The van der Waals surface area contributed by atoms with Gasteiger partial charge < -0.3 is 15.7 Å². The maximum Gasteiger partial charge on any atom is 0.407 e. The molecule has 0 bridgehead atoms. The Morgan fingerprint density at radius 1 is 1.47 bits per heavy atom. The summed E-state index contributed by atoms with van der Waals surface area (Å²) in [5.41, 5.74) is 7.05. The first-order valence-corrected chi connectivity index (χ1v) is 6.71. The normalized spacial score (nSPS) is 23.3. The lowest BCUT2D eigenvalue weighted by atomic mass is 9.90. The van der Waals surface area contributed by atoms with Crippen molar-refractivity contribution in [1.29, 1.82) is 0 Å². The Balaban J connectivity index is 2.00. The summed E-state index contributed by atoms with van der Waals surface area (Å²) < 4.78 is 0. The molecule has 1 heterocycles. The molecule has 0 spiro atoms. The van der Waals surface area contributed by atoms with Crippen molar-refractivity contribution in [1.82, 2.24) is 4.90 Å². The third-order valence-corrected chi connectivity index (χ3v) is 4.01. The van der Waals surface area contributed by atoms with Gasteiger partial charge in [-0.15, -0.1) is 0 Å². The highest BCUT2D eigenvalue weighted by Crippen LogP contribution is 2.36. The quantitative estimate of drug-likeness (QED) is 0.880. The predicted molar refractivity (Wildman–Crippen MR) is 74.9 cm³/mol. The molecule has 1 aromatic carbocycles. The van der Waals surface area contributed by atoms with Gasteiger partial charge in [-0.25, -0.2) is 4.79 Å². The molecule has 0 radical (unpaired) electrons. The fourth-order valence-corrected chi connectivity index (χ4v) is 3.08. The summed E-state index contributed by atoms with van der Waals surface area (Å²) >= 11 is 0. The highest BCUT2D eigenvalue weighted by atomic mass is 16.4. The maximum absolute atomic E-state index is 11.2. The average Bonchev–Trinajstić information content (AvgIpc) is 2.65. The van der Waals surface area contributed by atoms with Gasteiger partial charge in [0.25, 0.3) is 0 Å². The second-order valence-electron chi connectivity index (χ2n) is 6.03. The lowest BCUT2D eigenvalue weighted by Crippen LogP contribution is -2.41. The van der Waals surface area contributed by atoms with E-state index in [1.807, 2.05) is 44.2 Å². The molecule has 19 heavy (non-hydrogen) atoms. The molecule has 0 aromatic heterocycles. The smallest absolute Gasteiger partial charge is 0.407 e. The maximum atomic E-state index is 11.2. The third kappa shape index (κ3) is 3.07. The number of likely N-dealkylation sites (tertiary alicyclic amines) is 1. The summed E-state index contributed by atoms with van der Waals surface area (Å²) in [5.74, 6) is 0.335. The lowest BCUT2D eigenvalue weighted by Gasteiger charge is -2.28. The van der Waals surface area contributed by atoms with Gasteiger partial charge >= 0.3 is 6.09 Å². The van der Waals surface area contributed by atoms with Gasteiger partial charge in [0.2, 0.25) is 0 Å². The average molecular weight is 262 g/mol. The standard InChI is InChI=1S/C15H22N2O2/c1-15(2)9-11(10-17(15)14(18)19)8-13(16)12-6-4-3-5-7-12/h3-7,11,13H,8-10,16H2,1-2H3,(H,18,19)/t11-,13?/m0/s1. The Bertz CT molecular complexity index is 445. The monoisotopic (exact) mass is 262 g/mol. The molecule has 1 unspecified atom stereocenters. The summed E-state index contributed by atoms with van der Waals surface area (Å²) in [6.07, 6.45) is 0.873. The number of amides is 1. The van der Waals surface area contributed by atoms with E-state index in [2.05, 4.69) is 0 Å². The van der Waals surface area contributed by atoms with Crippen LogP contribution in [0.4, 0.5) is 4.79 Å². The number of carbonyl (C=O) groups is 1. The summed E-state index contributed by atoms with van der Waals surface area (Å²) in [4.78, 5) is 12.8. The first kappa shape index (κ1) is 13.9. The van der Waals surface area contributed by atoms with Crippen LogP contribution in [0.5, 0.6) is 0 Å². The first-order valence-electron chi connectivity index (χ1n) is 6.71. The molecule has 1 aromatic rings. The summed E-state index contributed by atoms with van der Waals surface area (Å²) in [6.45, 7) is 4.55. The van der Waals surface area contributed by atoms with Crippen LogP contribution in [0.15, 0.2) is 30.3 Å². The molecule has 4 nitrogen and oxygen atoms in total. The number of nitrogens with two attached hydrogens (primary N) is 1. The Labute approximate surface area is 114 Å². The van der Waals surface area contributed by atoms with E-state index in [-0.39, 0.29) is 11.6 Å². The molecule has 0 aliphatic carbocycles. The number of nitrogens with zero attached hydrogens (tertiary/aromatic N) is 1. The molecule has 2 rings (SSSR count). The second kappa shape index (κ2) is 5.21. The zero-order valence-electron chi connectivity index (χ0n) is 11.5. The number of hydrogen-bond donors (Lipinski definition) is 2. The van der Waals surface area contributed by atoms with Gasteiger partial charge in [0, 0.05) is 18.1 Å².